The van der Waals surface area contributed by atoms with Gasteiger partial charge in [0.05, 0.1) is 11.1 Å². The molecule has 0 aromatic heterocycles. The summed E-state index contributed by atoms with van der Waals surface area (Å²) in [6, 6.07) is 22.0. The second-order valence-corrected chi connectivity index (χ2v) is 8.68. The number of ketones is 1. The van der Waals surface area contributed by atoms with Crippen LogP contribution in [0.1, 0.15) is 47.7 Å². The standard InChI is InChI=1S/C28H27NO3/c1-19-7-5-6-16-29(19)18-24-25(30)15-14-23-27(31)26(32-28(23)24)17-20-10-12-22(13-11-20)21-8-3-2-4-9-21/h2-4,8-15,17,19,30H,5-7,16,18H2,1H3/t19-/m0/s1. The van der Waals surface area contributed by atoms with E-state index in [0.29, 0.717) is 35.2 Å². The van der Waals surface area contributed by atoms with E-state index in [2.05, 4.69) is 24.0 Å². The Hall–Kier alpha value is -3.37. The average Bonchev–Trinajstić information content (AvgIpc) is 3.13. The van der Waals surface area contributed by atoms with Gasteiger partial charge in [-0.3, -0.25) is 9.69 Å². The molecule has 162 valence electrons. The maximum atomic E-state index is 13.0. The largest absolute Gasteiger partial charge is 0.507 e. The molecule has 2 aliphatic heterocycles. The van der Waals surface area contributed by atoms with Crippen molar-refractivity contribution in [3.05, 3.63) is 89.2 Å². The molecule has 1 fully saturated rings. The Labute approximate surface area is 188 Å². The fraction of sp³-hybridized carbons (Fsp3) is 0.250. The predicted octanol–water partition coefficient (Wildman–Crippen LogP) is 6.05. The van der Waals surface area contributed by atoms with Gasteiger partial charge in [0.1, 0.15) is 11.5 Å². The van der Waals surface area contributed by atoms with Gasteiger partial charge in [-0.15, -0.1) is 0 Å². The van der Waals surface area contributed by atoms with E-state index >= 15 is 0 Å². The summed E-state index contributed by atoms with van der Waals surface area (Å²) in [5, 5.41) is 10.6. The van der Waals surface area contributed by atoms with Crippen LogP contribution in [0.2, 0.25) is 0 Å². The van der Waals surface area contributed by atoms with Gasteiger partial charge >= 0.3 is 0 Å². The first-order valence-corrected chi connectivity index (χ1v) is 11.3. The first kappa shape index (κ1) is 20.5. The summed E-state index contributed by atoms with van der Waals surface area (Å²) in [5.74, 6) is 0.841. The van der Waals surface area contributed by atoms with Crippen molar-refractivity contribution in [2.75, 3.05) is 6.54 Å². The Balaban J connectivity index is 1.41. The van der Waals surface area contributed by atoms with E-state index in [1.54, 1.807) is 18.2 Å². The number of hydrogen-bond acceptors (Lipinski definition) is 4. The van der Waals surface area contributed by atoms with E-state index in [1.807, 2.05) is 42.5 Å². The number of carbonyl (C=O) groups is 1. The molecular formula is C28H27NO3. The zero-order valence-corrected chi connectivity index (χ0v) is 18.3. The number of rotatable bonds is 4. The molecule has 0 saturated carbocycles. The van der Waals surface area contributed by atoms with Crippen LogP contribution in [0.4, 0.5) is 0 Å². The lowest BCUT2D eigenvalue weighted by Gasteiger charge is -2.33. The fourth-order valence-corrected chi connectivity index (χ4v) is 4.60. The summed E-state index contributed by atoms with van der Waals surface area (Å²) in [4.78, 5) is 15.4. The highest BCUT2D eigenvalue weighted by Gasteiger charge is 2.32. The Morgan fingerprint density at radius 2 is 1.75 bits per heavy atom. The molecule has 1 atom stereocenters. The summed E-state index contributed by atoms with van der Waals surface area (Å²) >= 11 is 0. The van der Waals surface area contributed by atoms with E-state index in [4.69, 9.17) is 4.74 Å². The van der Waals surface area contributed by atoms with E-state index in [0.717, 1.165) is 36.1 Å². The van der Waals surface area contributed by atoms with E-state index in [-0.39, 0.29) is 11.5 Å². The number of hydrogen-bond donors (Lipinski definition) is 1. The molecule has 0 unspecified atom stereocenters. The number of phenolic OH excluding ortho intramolecular Hbond substituents is 1. The van der Waals surface area contributed by atoms with Gasteiger partial charge in [-0.1, -0.05) is 61.0 Å². The second-order valence-electron chi connectivity index (χ2n) is 8.68. The molecule has 2 aliphatic rings. The number of benzene rings is 3. The van der Waals surface area contributed by atoms with Crippen LogP contribution in [0, 0.1) is 0 Å². The minimum atomic E-state index is -0.139. The number of nitrogens with zero attached hydrogens (tertiary/aromatic N) is 1. The van der Waals surface area contributed by atoms with Crippen molar-refractivity contribution in [1.82, 2.24) is 4.90 Å². The van der Waals surface area contributed by atoms with Gasteiger partial charge in [0.2, 0.25) is 5.78 Å². The second kappa shape index (κ2) is 8.64. The third kappa shape index (κ3) is 3.94. The number of fused-ring (bicyclic) bond motifs is 1. The van der Waals surface area contributed by atoms with Gasteiger partial charge in [0, 0.05) is 12.6 Å². The van der Waals surface area contributed by atoms with E-state index < -0.39 is 0 Å². The molecule has 0 radical (unpaired) electrons. The normalized spacial score (nSPS) is 19.7. The first-order chi connectivity index (χ1) is 15.6. The maximum absolute atomic E-state index is 13.0. The third-order valence-corrected chi connectivity index (χ3v) is 6.53. The molecule has 5 rings (SSSR count). The summed E-state index contributed by atoms with van der Waals surface area (Å²) < 4.78 is 6.05. The highest BCUT2D eigenvalue weighted by atomic mass is 16.5. The van der Waals surface area contributed by atoms with Crippen LogP contribution in [-0.2, 0) is 6.54 Å². The van der Waals surface area contributed by atoms with Crippen LogP contribution < -0.4 is 4.74 Å². The van der Waals surface area contributed by atoms with Crippen molar-refractivity contribution >= 4 is 11.9 Å². The fourth-order valence-electron chi connectivity index (χ4n) is 4.60. The van der Waals surface area contributed by atoms with Gasteiger partial charge in [-0.25, -0.2) is 0 Å². The lowest BCUT2D eigenvalue weighted by Crippen LogP contribution is -2.36. The van der Waals surface area contributed by atoms with Gasteiger partial charge in [-0.05, 0) is 61.2 Å². The molecule has 1 N–H and O–H groups in total. The molecule has 32 heavy (non-hydrogen) atoms. The number of phenols is 1. The van der Waals surface area contributed by atoms with Crippen LogP contribution >= 0.6 is 0 Å². The number of allylic oxidation sites excluding steroid dienone is 1. The highest BCUT2D eigenvalue weighted by Crippen LogP contribution is 2.40. The Kier molecular flexibility index (Phi) is 5.54. The number of piperidine rings is 1. The van der Waals surface area contributed by atoms with Gasteiger partial charge in [0.15, 0.2) is 5.76 Å². The van der Waals surface area contributed by atoms with Crippen LogP contribution in [0.25, 0.3) is 17.2 Å². The first-order valence-electron chi connectivity index (χ1n) is 11.3. The minimum absolute atomic E-state index is 0.139. The molecular weight excluding hydrogens is 398 g/mol. The van der Waals surface area contributed by atoms with E-state index in [1.165, 1.54) is 6.42 Å². The van der Waals surface area contributed by atoms with Crippen LogP contribution in [0.3, 0.4) is 0 Å². The van der Waals surface area contributed by atoms with Crippen molar-refractivity contribution in [3.63, 3.8) is 0 Å². The van der Waals surface area contributed by atoms with Crippen molar-refractivity contribution in [1.29, 1.82) is 0 Å². The van der Waals surface area contributed by atoms with Crippen molar-refractivity contribution in [2.24, 2.45) is 0 Å². The zero-order valence-electron chi connectivity index (χ0n) is 18.3. The summed E-state index contributed by atoms with van der Waals surface area (Å²) in [6.45, 7) is 3.80. The summed E-state index contributed by atoms with van der Waals surface area (Å²) in [7, 11) is 0. The Bertz CT molecular complexity index is 1170. The number of aromatic hydroxyl groups is 1. The van der Waals surface area contributed by atoms with Crippen molar-refractivity contribution in [2.45, 2.75) is 38.8 Å². The molecule has 2 heterocycles. The number of Topliss-reactive ketones (excluding diaryl/α,β-unsaturated/α-hetero) is 1. The number of likely N-dealkylation sites (tertiary alicyclic amines) is 1. The van der Waals surface area contributed by atoms with Gasteiger partial charge in [0.25, 0.3) is 0 Å². The molecule has 0 amide bonds. The molecule has 4 heteroatoms. The van der Waals surface area contributed by atoms with Gasteiger partial charge in [-0.2, -0.15) is 0 Å². The van der Waals surface area contributed by atoms with Crippen LogP contribution in [-0.4, -0.2) is 28.4 Å². The number of ether oxygens (including phenoxy) is 1. The summed E-state index contributed by atoms with van der Waals surface area (Å²) in [5.41, 5.74) is 4.40. The lowest BCUT2D eigenvalue weighted by atomic mass is 10.0. The predicted molar refractivity (Wildman–Crippen MR) is 127 cm³/mol. The maximum Gasteiger partial charge on any atom is 0.231 e. The van der Waals surface area contributed by atoms with Crippen molar-refractivity contribution < 1.29 is 14.6 Å². The SMILES string of the molecule is C[C@H]1CCCCN1Cc1c(O)ccc2c1OC(=Cc1ccc(-c3ccccc3)cc1)C2=O. The monoisotopic (exact) mass is 425 g/mol. The molecule has 1 saturated heterocycles. The van der Waals surface area contributed by atoms with Crippen molar-refractivity contribution in [3.8, 4) is 22.6 Å². The number of carbonyl (C=O) groups excluding carboxylic acids is 1. The van der Waals surface area contributed by atoms with Crippen LogP contribution in [0.5, 0.6) is 11.5 Å². The molecule has 0 spiro atoms. The molecule has 3 aromatic carbocycles. The highest BCUT2D eigenvalue weighted by molar-refractivity contribution is 6.15. The van der Waals surface area contributed by atoms with E-state index in [9.17, 15) is 9.90 Å². The minimum Gasteiger partial charge on any atom is -0.507 e. The molecule has 0 aliphatic carbocycles. The zero-order chi connectivity index (χ0) is 22.1. The molecule has 0 bridgehead atoms. The topological polar surface area (TPSA) is 49.8 Å². The van der Waals surface area contributed by atoms with Gasteiger partial charge < -0.3 is 9.84 Å². The summed E-state index contributed by atoms with van der Waals surface area (Å²) in [6.07, 6.45) is 5.33. The van der Waals surface area contributed by atoms with Crippen LogP contribution in [0.15, 0.2) is 72.5 Å². The Morgan fingerprint density at radius 1 is 1.00 bits per heavy atom. The lowest BCUT2D eigenvalue weighted by molar-refractivity contribution is 0.101. The quantitative estimate of drug-likeness (QED) is 0.517. The average molecular weight is 426 g/mol. The Morgan fingerprint density at radius 3 is 2.50 bits per heavy atom. The smallest absolute Gasteiger partial charge is 0.231 e. The molecule has 4 nitrogen and oxygen atoms in total. The third-order valence-electron chi connectivity index (χ3n) is 6.53. The molecule has 3 aromatic rings.